The van der Waals surface area contributed by atoms with Crippen LogP contribution in [0.15, 0.2) is 89.7 Å². The summed E-state index contributed by atoms with van der Waals surface area (Å²) in [5.41, 5.74) is 1.17. The van der Waals surface area contributed by atoms with Crippen molar-refractivity contribution in [2.45, 2.75) is 26.3 Å². The molecule has 5 rings (SSSR count). The van der Waals surface area contributed by atoms with Crippen LogP contribution in [-0.2, 0) is 0 Å². The molecule has 0 saturated heterocycles. The molecule has 1 heterocycles. The summed E-state index contributed by atoms with van der Waals surface area (Å²) in [6, 6.07) is 24.0. The van der Waals surface area contributed by atoms with Gasteiger partial charge in [-0.25, -0.2) is 9.37 Å². The third-order valence-electron chi connectivity index (χ3n) is 6.55. The Bertz CT molecular complexity index is 1690. The van der Waals surface area contributed by atoms with Crippen molar-refractivity contribution in [2.24, 2.45) is 0 Å². The average Bonchev–Trinajstić information content (AvgIpc) is 2.92. The van der Waals surface area contributed by atoms with Crippen molar-refractivity contribution in [3.05, 3.63) is 118 Å². The van der Waals surface area contributed by atoms with Gasteiger partial charge >= 0.3 is 0 Å². The lowest BCUT2D eigenvalue weighted by Crippen LogP contribution is -2.38. The summed E-state index contributed by atoms with van der Waals surface area (Å²) in [5.74, 6) is -0.369. The Kier molecular flexibility index (Phi) is 6.76. The van der Waals surface area contributed by atoms with Crippen LogP contribution in [0.3, 0.4) is 0 Å². The number of amides is 1. The van der Waals surface area contributed by atoms with E-state index in [-0.39, 0.29) is 16.5 Å². The molecule has 0 radical (unpaired) electrons. The third kappa shape index (κ3) is 4.49. The Morgan fingerprint density at radius 2 is 1.70 bits per heavy atom. The minimum absolute atomic E-state index is 0.103. The van der Waals surface area contributed by atoms with Crippen molar-refractivity contribution in [3.63, 3.8) is 0 Å². The summed E-state index contributed by atoms with van der Waals surface area (Å²) in [5, 5.41) is 2.14. The second kappa shape index (κ2) is 10.1. The molecule has 37 heavy (non-hydrogen) atoms. The Balaban J connectivity index is 1.71. The van der Waals surface area contributed by atoms with E-state index < -0.39 is 11.9 Å². The largest absolute Gasteiger partial charge is 0.329 e. The molecule has 0 aliphatic rings. The molecule has 0 fully saturated rings. The Labute approximate surface area is 218 Å². The number of carbonyl (C=O) groups is 1. The molecule has 0 N–H and O–H groups in total. The van der Waals surface area contributed by atoms with Crippen molar-refractivity contribution in [1.82, 2.24) is 14.5 Å². The van der Waals surface area contributed by atoms with Crippen LogP contribution in [0.1, 0.15) is 42.5 Å². The predicted octanol–water partition coefficient (Wildman–Crippen LogP) is 6.94. The first-order valence-electron chi connectivity index (χ1n) is 12.2. The quantitative estimate of drug-likeness (QED) is 0.247. The molecule has 0 aliphatic carbocycles. The molecule has 0 saturated carbocycles. The van der Waals surface area contributed by atoms with E-state index in [1.54, 1.807) is 23.1 Å². The average molecular weight is 514 g/mol. The predicted molar refractivity (Wildman–Crippen MR) is 146 cm³/mol. The minimum Gasteiger partial charge on any atom is -0.329 e. The van der Waals surface area contributed by atoms with Gasteiger partial charge in [-0.05, 0) is 60.5 Å². The zero-order valence-electron chi connectivity index (χ0n) is 20.5. The Hall–Kier alpha value is -4.03. The molecule has 4 aromatic carbocycles. The molecule has 0 spiro atoms. The van der Waals surface area contributed by atoms with Crippen LogP contribution in [0.4, 0.5) is 4.39 Å². The molecule has 1 amide bonds. The molecule has 1 atom stereocenters. The minimum atomic E-state index is -0.583. The summed E-state index contributed by atoms with van der Waals surface area (Å²) in [7, 11) is 0. The fourth-order valence-electron chi connectivity index (χ4n) is 4.72. The van der Waals surface area contributed by atoms with E-state index in [2.05, 4.69) is 0 Å². The number of hydrogen-bond acceptors (Lipinski definition) is 3. The van der Waals surface area contributed by atoms with Gasteiger partial charge < -0.3 is 4.90 Å². The number of carbonyl (C=O) groups excluding carboxylic acids is 1. The number of hydrogen-bond donors (Lipinski definition) is 0. The van der Waals surface area contributed by atoms with Gasteiger partial charge in [-0.3, -0.25) is 14.2 Å². The van der Waals surface area contributed by atoms with Gasteiger partial charge in [0.25, 0.3) is 11.5 Å². The second-order valence-electron chi connectivity index (χ2n) is 8.93. The summed E-state index contributed by atoms with van der Waals surface area (Å²) in [6.07, 6.45) is 0.709. The van der Waals surface area contributed by atoms with Crippen LogP contribution in [0, 0.1) is 5.82 Å². The molecular formula is C30H25ClFN3O2. The SMILES string of the molecule is CCCN(C(=O)c1cccc2ccccc12)C(C)c1nc2ccccc2c(=O)n1-c1ccc(F)c(Cl)c1. The molecule has 1 unspecified atom stereocenters. The zero-order chi connectivity index (χ0) is 26.1. The highest BCUT2D eigenvalue weighted by Gasteiger charge is 2.28. The lowest BCUT2D eigenvalue weighted by Gasteiger charge is -2.31. The Morgan fingerprint density at radius 1 is 1.00 bits per heavy atom. The summed E-state index contributed by atoms with van der Waals surface area (Å²) in [4.78, 5) is 34.3. The van der Waals surface area contributed by atoms with Crippen LogP contribution >= 0.6 is 11.6 Å². The number of halogens is 2. The van der Waals surface area contributed by atoms with Crippen molar-refractivity contribution in [2.75, 3.05) is 6.54 Å². The third-order valence-corrected chi connectivity index (χ3v) is 6.84. The van der Waals surface area contributed by atoms with Crippen molar-refractivity contribution in [1.29, 1.82) is 0 Å². The number of para-hydroxylation sites is 1. The molecule has 7 heteroatoms. The highest BCUT2D eigenvalue weighted by Crippen LogP contribution is 2.28. The maximum atomic E-state index is 14.0. The van der Waals surface area contributed by atoms with Crippen LogP contribution in [-0.4, -0.2) is 26.9 Å². The van der Waals surface area contributed by atoms with E-state index in [0.29, 0.717) is 40.9 Å². The van der Waals surface area contributed by atoms with Crippen LogP contribution in [0.2, 0.25) is 5.02 Å². The number of nitrogens with zero attached hydrogens (tertiary/aromatic N) is 3. The van der Waals surface area contributed by atoms with Gasteiger partial charge in [-0.2, -0.15) is 0 Å². The molecular weight excluding hydrogens is 489 g/mol. The summed E-state index contributed by atoms with van der Waals surface area (Å²) < 4.78 is 15.4. The molecule has 186 valence electrons. The van der Waals surface area contributed by atoms with E-state index in [9.17, 15) is 14.0 Å². The fraction of sp³-hybridized carbons (Fsp3) is 0.167. The Morgan fingerprint density at radius 3 is 2.46 bits per heavy atom. The van der Waals surface area contributed by atoms with Gasteiger partial charge in [0.15, 0.2) is 0 Å². The molecule has 0 aliphatic heterocycles. The van der Waals surface area contributed by atoms with Crippen LogP contribution in [0.25, 0.3) is 27.4 Å². The normalized spacial score (nSPS) is 12.1. The highest BCUT2D eigenvalue weighted by atomic mass is 35.5. The van der Waals surface area contributed by atoms with Gasteiger partial charge in [-0.1, -0.05) is 67.1 Å². The van der Waals surface area contributed by atoms with Gasteiger partial charge in [0.05, 0.1) is 27.7 Å². The molecule has 1 aromatic heterocycles. The van der Waals surface area contributed by atoms with Gasteiger partial charge in [0, 0.05) is 12.1 Å². The fourth-order valence-corrected chi connectivity index (χ4v) is 4.90. The topological polar surface area (TPSA) is 55.2 Å². The first-order chi connectivity index (χ1) is 17.9. The lowest BCUT2D eigenvalue weighted by atomic mass is 10.0. The molecule has 5 aromatic rings. The van der Waals surface area contributed by atoms with E-state index in [0.717, 1.165) is 10.8 Å². The van der Waals surface area contributed by atoms with Gasteiger partial charge in [0.1, 0.15) is 11.6 Å². The molecule has 5 nitrogen and oxygen atoms in total. The zero-order valence-corrected chi connectivity index (χ0v) is 21.2. The standard InChI is InChI=1S/C30H25ClFN3O2/c1-3-17-34(29(36)23-13-8-10-20-9-4-5-11-22(20)23)19(2)28-33-27-14-7-6-12-24(27)30(37)35(28)21-15-16-26(32)25(31)18-21/h4-16,18-19H,3,17H2,1-2H3. The van der Waals surface area contributed by atoms with Gasteiger partial charge in [-0.15, -0.1) is 0 Å². The second-order valence-corrected chi connectivity index (χ2v) is 9.33. The molecule has 0 bridgehead atoms. The van der Waals surface area contributed by atoms with Gasteiger partial charge in [0.2, 0.25) is 0 Å². The number of rotatable bonds is 6. The lowest BCUT2D eigenvalue weighted by molar-refractivity contribution is 0.0683. The van der Waals surface area contributed by atoms with Crippen LogP contribution < -0.4 is 5.56 Å². The van der Waals surface area contributed by atoms with E-state index in [1.807, 2.05) is 62.4 Å². The first kappa shape index (κ1) is 24.7. The first-order valence-corrected chi connectivity index (χ1v) is 12.5. The number of fused-ring (bicyclic) bond motifs is 2. The summed E-state index contributed by atoms with van der Waals surface area (Å²) in [6.45, 7) is 4.31. The van der Waals surface area contributed by atoms with Crippen molar-refractivity contribution in [3.8, 4) is 5.69 Å². The maximum absolute atomic E-state index is 14.0. The van der Waals surface area contributed by atoms with E-state index >= 15 is 0 Å². The number of benzene rings is 4. The maximum Gasteiger partial charge on any atom is 0.266 e. The smallest absolute Gasteiger partial charge is 0.266 e. The highest BCUT2D eigenvalue weighted by molar-refractivity contribution is 6.30. The number of aromatic nitrogens is 2. The van der Waals surface area contributed by atoms with Crippen LogP contribution in [0.5, 0.6) is 0 Å². The van der Waals surface area contributed by atoms with E-state index in [4.69, 9.17) is 16.6 Å². The van der Waals surface area contributed by atoms with E-state index in [1.165, 1.54) is 22.8 Å². The van der Waals surface area contributed by atoms with Crippen molar-refractivity contribution >= 4 is 39.2 Å². The summed E-state index contributed by atoms with van der Waals surface area (Å²) >= 11 is 6.09. The van der Waals surface area contributed by atoms with Crippen molar-refractivity contribution < 1.29 is 9.18 Å². The monoisotopic (exact) mass is 513 g/mol.